The van der Waals surface area contributed by atoms with Crippen LogP contribution in [0.1, 0.15) is 10.4 Å². The Bertz CT molecular complexity index is 618. The van der Waals surface area contributed by atoms with E-state index in [4.69, 9.17) is 9.84 Å². The van der Waals surface area contributed by atoms with Crippen molar-refractivity contribution < 1.29 is 24.2 Å². The fraction of sp³-hybridized carbons (Fsp3) is 0.143. The summed E-state index contributed by atoms with van der Waals surface area (Å²) in [6.07, 6.45) is 3.54. The lowest BCUT2D eigenvalue weighted by atomic mass is 10.2. The van der Waals surface area contributed by atoms with Crippen molar-refractivity contribution in [3.8, 4) is 11.4 Å². The monoisotopic (exact) mass is 275 g/mol. The van der Waals surface area contributed by atoms with E-state index >= 15 is 0 Å². The van der Waals surface area contributed by atoms with E-state index in [2.05, 4.69) is 4.74 Å². The Balaban J connectivity index is 2.41. The summed E-state index contributed by atoms with van der Waals surface area (Å²) in [4.78, 5) is 22.1. The molecule has 0 saturated heterocycles. The first kappa shape index (κ1) is 13.7. The van der Waals surface area contributed by atoms with Gasteiger partial charge in [0.2, 0.25) is 0 Å². The Labute approximate surface area is 115 Å². The normalized spacial score (nSPS) is 10.1. The molecule has 0 amide bonds. The smallest absolute Gasteiger partial charge is 0.341 e. The van der Waals surface area contributed by atoms with Crippen molar-refractivity contribution in [2.24, 2.45) is 0 Å². The van der Waals surface area contributed by atoms with Crippen LogP contribution < -0.4 is 4.74 Å². The number of rotatable bonds is 5. The minimum absolute atomic E-state index is 0.360. The predicted octanol–water partition coefficient (Wildman–Crippen LogP) is 1.73. The van der Waals surface area contributed by atoms with Gasteiger partial charge in [-0.05, 0) is 30.3 Å². The van der Waals surface area contributed by atoms with Crippen molar-refractivity contribution in [1.29, 1.82) is 0 Å². The number of ether oxygens (including phenoxy) is 2. The largest absolute Gasteiger partial charge is 0.480 e. The molecule has 0 atom stereocenters. The van der Waals surface area contributed by atoms with Crippen molar-refractivity contribution in [2.45, 2.75) is 0 Å². The highest BCUT2D eigenvalue weighted by atomic mass is 16.5. The summed E-state index contributed by atoms with van der Waals surface area (Å²) in [5.74, 6) is -1.17. The molecule has 0 radical (unpaired) electrons. The summed E-state index contributed by atoms with van der Waals surface area (Å²) in [6, 6.07) is 8.28. The highest BCUT2D eigenvalue weighted by Crippen LogP contribution is 2.25. The Morgan fingerprint density at radius 1 is 1.25 bits per heavy atom. The summed E-state index contributed by atoms with van der Waals surface area (Å²) in [5.41, 5.74) is 0.929. The molecule has 1 heterocycles. The van der Waals surface area contributed by atoms with Gasteiger partial charge in [-0.25, -0.2) is 9.59 Å². The SMILES string of the molecule is COC(=O)c1ccc(OCC(=O)O)c(-n2cccc2)c1. The lowest BCUT2D eigenvalue weighted by Crippen LogP contribution is -2.11. The van der Waals surface area contributed by atoms with E-state index in [0.29, 0.717) is 17.0 Å². The van der Waals surface area contributed by atoms with Gasteiger partial charge in [0, 0.05) is 12.4 Å². The predicted molar refractivity (Wildman–Crippen MR) is 70.2 cm³/mol. The molecule has 0 aliphatic rings. The molecule has 0 saturated carbocycles. The van der Waals surface area contributed by atoms with Crippen LogP contribution in [0.2, 0.25) is 0 Å². The van der Waals surface area contributed by atoms with Gasteiger partial charge in [0.15, 0.2) is 6.61 Å². The number of benzene rings is 1. The Hall–Kier alpha value is -2.76. The number of carboxylic acid groups (broad SMARTS) is 1. The molecule has 0 fully saturated rings. The molecular weight excluding hydrogens is 262 g/mol. The number of aliphatic carboxylic acids is 1. The second-order valence-electron chi connectivity index (χ2n) is 3.95. The Morgan fingerprint density at radius 3 is 2.55 bits per heavy atom. The summed E-state index contributed by atoms with van der Waals surface area (Å²) in [7, 11) is 1.30. The second-order valence-corrected chi connectivity index (χ2v) is 3.95. The van der Waals surface area contributed by atoms with E-state index in [0.717, 1.165) is 0 Å². The van der Waals surface area contributed by atoms with Gasteiger partial charge in [-0.1, -0.05) is 0 Å². The first-order valence-corrected chi connectivity index (χ1v) is 5.82. The fourth-order valence-corrected chi connectivity index (χ4v) is 1.72. The molecule has 2 rings (SSSR count). The van der Waals surface area contributed by atoms with Crippen molar-refractivity contribution in [2.75, 3.05) is 13.7 Å². The van der Waals surface area contributed by atoms with E-state index in [-0.39, 0.29) is 0 Å². The minimum atomic E-state index is -1.07. The lowest BCUT2D eigenvalue weighted by molar-refractivity contribution is -0.139. The topological polar surface area (TPSA) is 77.8 Å². The van der Waals surface area contributed by atoms with Crippen LogP contribution >= 0.6 is 0 Å². The zero-order valence-electron chi connectivity index (χ0n) is 10.8. The van der Waals surface area contributed by atoms with Gasteiger partial charge in [0.1, 0.15) is 5.75 Å². The molecule has 0 aliphatic carbocycles. The number of esters is 1. The zero-order valence-corrected chi connectivity index (χ0v) is 10.8. The Kier molecular flexibility index (Phi) is 4.05. The standard InChI is InChI=1S/C14H13NO5/c1-19-14(18)10-4-5-12(20-9-13(16)17)11(8-10)15-6-2-3-7-15/h2-8H,9H2,1H3,(H,16,17). The number of nitrogens with zero attached hydrogens (tertiary/aromatic N) is 1. The maximum Gasteiger partial charge on any atom is 0.341 e. The van der Waals surface area contributed by atoms with Crippen molar-refractivity contribution in [3.05, 3.63) is 48.3 Å². The van der Waals surface area contributed by atoms with E-state index < -0.39 is 18.5 Å². The van der Waals surface area contributed by atoms with Gasteiger partial charge in [-0.2, -0.15) is 0 Å². The van der Waals surface area contributed by atoms with E-state index in [1.165, 1.54) is 13.2 Å². The van der Waals surface area contributed by atoms with Crippen LogP contribution in [0, 0.1) is 0 Å². The van der Waals surface area contributed by atoms with Gasteiger partial charge < -0.3 is 19.1 Å². The zero-order chi connectivity index (χ0) is 14.5. The van der Waals surface area contributed by atoms with Gasteiger partial charge in [0.25, 0.3) is 0 Å². The summed E-state index contributed by atoms with van der Waals surface area (Å²) < 4.78 is 11.6. The highest BCUT2D eigenvalue weighted by Gasteiger charge is 2.12. The fourth-order valence-electron chi connectivity index (χ4n) is 1.72. The third-order valence-corrected chi connectivity index (χ3v) is 2.61. The molecule has 20 heavy (non-hydrogen) atoms. The Morgan fingerprint density at radius 2 is 1.95 bits per heavy atom. The van der Waals surface area contributed by atoms with E-state index in [1.807, 2.05) is 12.1 Å². The molecule has 1 N–H and O–H groups in total. The number of methoxy groups -OCH3 is 1. The van der Waals surface area contributed by atoms with Crippen molar-refractivity contribution >= 4 is 11.9 Å². The van der Waals surface area contributed by atoms with E-state index in [9.17, 15) is 9.59 Å². The first-order chi connectivity index (χ1) is 9.61. The van der Waals surface area contributed by atoms with Crippen LogP contribution in [0.5, 0.6) is 5.75 Å². The van der Waals surface area contributed by atoms with Crippen LogP contribution in [-0.4, -0.2) is 35.3 Å². The van der Waals surface area contributed by atoms with Gasteiger partial charge in [-0.3, -0.25) is 0 Å². The lowest BCUT2D eigenvalue weighted by Gasteiger charge is -2.12. The molecule has 0 bridgehead atoms. The van der Waals surface area contributed by atoms with E-state index in [1.54, 1.807) is 29.1 Å². The number of aromatic nitrogens is 1. The molecule has 6 heteroatoms. The molecular formula is C14H13NO5. The summed E-state index contributed by atoms with van der Waals surface area (Å²) >= 11 is 0. The van der Waals surface area contributed by atoms with Crippen LogP contribution in [0.25, 0.3) is 5.69 Å². The maximum absolute atomic E-state index is 11.5. The molecule has 1 aromatic heterocycles. The van der Waals surface area contributed by atoms with Crippen LogP contribution in [0.4, 0.5) is 0 Å². The maximum atomic E-state index is 11.5. The van der Waals surface area contributed by atoms with Gasteiger partial charge >= 0.3 is 11.9 Å². The van der Waals surface area contributed by atoms with Gasteiger partial charge in [0.05, 0.1) is 18.4 Å². The molecule has 1 aromatic carbocycles. The van der Waals surface area contributed by atoms with Crippen LogP contribution in [-0.2, 0) is 9.53 Å². The van der Waals surface area contributed by atoms with Crippen molar-refractivity contribution in [1.82, 2.24) is 4.57 Å². The molecule has 0 spiro atoms. The average molecular weight is 275 g/mol. The second kappa shape index (κ2) is 5.92. The average Bonchev–Trinajstić information content (AvgIpc) is 2.98. The molecule has 2 aromatic rings. The number of hydrogen-bond acceptors (Lipinski definition) is 4. The number of carboxylic acids is 1. The molecule has 0 aliphatic heterocycles. The quantitative estimate of drug-likeness (QED) is 0.841. The number of carbonyl (C=O) groups excluding carboxylic acids is 1. The first-order valence-electron chi connectivity index (χ1n) is 5.82. The third kappa shape index (κ3) is 2.97. The van der Waals surface area contributed by atoms with Gasteiger partial charge in [-0.15, -0.1) is 0 Å². The third-order valence-electron chi connectivity index (χ3n) is 2.61. The van der Waals surface area contributed by atoms with Crippen molar-refractivity contribution in [3.63, 3.8) is 0 Å². The van der Waals surface area contributed by atoms with Crippen LogP contribution in [0.3, 0.4) is 0 Å². The number of carbonyl (C=O) groups is 2. The minimum Gasteiger partial charge on any atom is -0.480 e. The summed E-state index contributed by atoms with van der Waals surface area (Å²) in [5, 5.41) is 8.67. The summed E-state index contributed by atoms with van der Waals surface area (Å²) in [6.45, 7) is -0.453. The van der Waals surface area contributed by atoms with Crippen LogP contribution in [0.15, 0.2) is 42.7 Å². The highest BCUT2D eigenvalue weighted by molar-refractivity contribution is 5.90. The number of hydrogen-bond donors (Lipinski definition) is 1. The molecule has 6 nitrogen and oxygen atoms in total. The molecule has 0 unspecified atom stereocenters. The molecule has 104 valence electrons.